The van der Waals surface area contributed by atoms with E-state index >= 15 is 0 Å². The molecule has 2 atom stereocenters. The van der Waals surface area contributed by atoms with Gasteiger partial charge in [-0.15, -0.1) is 0 Å². The number of likely N-dealkylation sites (tertiary alicyclic amines) is 1. The van der Waals surface area contributed by atoms with Crippen LogP contribution in [-0.4, -0.2) is 58.2 Å². The van der Waals surface area contributed by atoms with Gasteiger partial charge in [0.1, 0.15) is 23.6 Å². The van der Waals surface area contributed by atoms with Crippen molar-refractivity contribution in [2.45, 2.75) is 31.8 Å². The molecule has 0 spiro atoms. The Morgan fingerprint density at radius 1 is 1.29 bits per heavy atom. The van der Waals surface area contributed by atoms with Gasteiger partial charge in [-0.05, 0) is 18.6 Å². The Bertz CT molecular complexity index is 1150. The van der Waals surface area contributed by atoms with Crippen molar-refractivity contribution in [1.29, 1.82) is 0 Å². The monoisotopic (exact) mass is 424 g/mol. The lowest BCUT2D eigenvalue weighted by Gasteiger charge is -2.22. The normalized spacial score (nSPS) is 18.4. The molecule has 31 heavy (non-hydrogen) atoms. The number of fused-ring (bicyclic) bond motifs is 1. The van der Waals surface area contributed by atoms with Crippen LogP contribution in [0.1, 0.15) is 39.9 Å². The summed E-state index contributed by atoms with van der Waals surface area (Å²) in [6.45, 7) is 2.15. The number of aryl methyl sites for hydroxylation is 2. The Balaban J connectivity index is 1.56. The predicted molar refractivity (Wildman–Crippen MR) is 112 cm³/mol. The molecule has 0 aliphatic carbocycles. The molecule has 162 valence electrons. The molecule has 2 aromatic heterocycles. The summed E-state index contributed by atoms with van der Waals surface area (Å²) in [5.41, 5.74) is 2.20. The lowest BCUT2D eigenvalue weighted by molar-refractivity contribution is -0.145. The van der Waals surface area contributed by atoms with Crippen molar-refractivity contribution in [2.75, 3.05) is 13.7 Å². The zero-order valence-corrected chi connectivity index (χ0v) is 17.6. The average molecular weight is 424 g/mol. The van der Waals surface area contributed by atoms with Crippen molar-refractivity contribution in [1.82, 2.24) is 20.0 Å². The maximum Gasteiger partial charge on any atom is 0.328 e. The van der Waals surface area contributed by atoms with Crippen LogP contribution in [0.2, 0.25) is 0 Å². The molecule has 1 saturated heterocycles. The third kappa shape index (κ3) is 3.78. The summed E-state index contributed by atoms with van der Waals surface area (Å²) in [7, 11) is 2.99. The minimum Gasteiger partial charge on any atom is -0.467 e. The first-order valence-electron chi connectivity index (χ1n) is 10.1. The number of methoxy groups -OCH3 is 1. The fourth-order valence-corrected chi connectivity index (χ4v) is 3.99. The van der Waals surface area contributed by atoms with E-state index in [4.69, 9.17) is 9.15 Å². The number of nitrogens with zero attached hydrogens (tertiary/aromatic N) is 3. The summed E-state index contributed by atoms with van der Waals surface area (Å²) in [5.74, 6) is -1.16. The Labute approximate surface area is 178 Å². The summed E-state index contributed by atoms with van der Waals surface area (Å²) in [6.07, 6.45) is 2.38. The molecule has 9 heteroatoms. The lowest BCUT2D eigenvalue weighted by Crippen LogP contribution is -2.42. The molecule has 3 heterocycles. The maximum absolute atomic E-state index is 13.3. The van der Waals surface area contributed by atoms with Crippen LogP contribution in [0.3, 0.4) is 0 Å². The third-order valence-electron chi connectivity index (χ3n) is 5.61. The van der Waals surface area contributed by atoms with E-state index in [0.29, 0.717) is 22.2 Å². The standard InChI is InChI=1S/C22H24N4O5/c1-4-13-9-17(25(2)24-13)20(27)23-14-10-18(22(29)30-3)26(11-14)21(28)16-12-31-19-8-6-5-7-15(16)19/h5-9,12,14,18H,4,10-11H2,1-3H3,(H,23,27)/t14-,18+/m1/s1. The van der Waals surface area contributed by atoms with Gasteiger partial charge in [0.15, 0.2) is 0 Å². The fraction of sp³-hybridized carbons (Fsp3) is 0.364. The highest BCUT2D eigenvalue weighted by atomic mass is 16.5. The van der Waals surface area contributed by atoms with E-state index in [-0.39, 0.29) is 24.8 Å². The fourth-order valence-electron chi connectivity index (χ4n) is 3.99. The van der Waals surface area contributed by atoms with E-state index < -0.39 is 18.1 Å². The number of furan rings is 1. The lowest BCUT2D eigenvalue weighted by atomic mass is 10.1. The van der Waals surface area contributed by atoms with Crippen molar-refractivity contribution >= 4 is 28.8 Å². The number of nitrogens with one attached hydrogen (secondary N) is 1. The number of ether oxygens (including phenoxy) is 1. The van der Waals surface area contributed by atoms with Crippen LogP contribution < -0.4 is 5.32 Å². The number of para-hydroxylation sites is 1. The summed E-state index contributed by atoms with van der Waals surface area (Å²) in [5, 5.41) is 7.89. The molecule has 0 radical (unpaired) electrons. The van der Waals surface area contributed by atoms with Gasteiger partial charge >= 0.3 is 5.97 Å². The molecule has 0 saturated carbocycles. The Kier molecular flexibility index (Phi) is 5.50. The van der Waals surface area contributed by atoms with Crippen LogP contribution in [0.15, 0.2) is 41.0 Å². The van der Waals surface area contributed by atoms with Crippen LogP contribution >= 0.6 is 0 Å². The van der Waals surface area contributed by atoms with E-state index in [9.17, 15) is 14.4 Å². The maximum atomic E-state index is 13.3. The number of carbonyl (C=O) groups excluding carboxylic acids is 3. The van der Waals surface area contributed by atoms with Gasteiger partial charge in [0.2, 0.25) is 0 Å². The molecule has 4 rings (SSSR count). The van der Waals surface area contributed by atoms with E-state index in [0.717, 1.165) is 12.1 Å². The van der Waals surface area contributed by atoms with Crippen molar-refractivity contribution in [2.24, 2.45) is 7.05 Å². The number of amides is 2. The number of aromatic nitrogens is 2. The van der Waals surface area contributed by atoms with Gasteiger partial charge < -0.3 is 19.4 Å². The quantitative estimate of drug-likeness (QED) is 0.627. The molecule has 9 nitrogen and oxygen atoms in total. The Morgan fingerprint density at radius 3 is 2.77 bits per heavy atom. The molecular weight excluding hydrogens is 400 g/mol. The predicted octanol–water partition coefficient (Wildman–Crippen LogP) is 1.91. The Morgan fingerprint density at radius 2 is 2.06 bits per heavy atom. The van der Waals surface area contributed by atoms with Gasteiger partial charge in [0, 0.05) is 31.4 Å². The number of benzene rings is 1. The highest BCUT2D eigenvalue weighted by Crippen LogP contribution is 2.27. The zero-order chi connectivity index (χ0) is 22.1. The highest BCUT2D eigenvalue weighted by molar-refractivity contribution is 6.07. The van der Waals surface area contributed by atoms with Crippen molar-refractivity contribution in [3.05, 3.63) is 53.5 Å². The molecule has 1 aliphatic heterocycles. The number of hydrogen-bond acceptors (Lipinski definition) is 6. The average Bonchev–Trinajstić information content (AvgIpc) is 3.49. The first kappa shape index (κ1) is 20.6. The summed E-state index contributed by atoms with van der Waals surface area (Å²) in [4.78, 5) is 39.9. The molecule has 3 aromatic rings. The number of hydrogen-bond donors (Lipinski definition) is 1. The summed E-state index contributed by atoms with van der Waals surface area (Å²) < 4.78 is 11.9. The second kappa shape index (κ2) is 8.25. The first-order valence-corrected chi connectivity index (χ1v) is 10.1. The number of carbonyl (C=O) groups is 3. The zero-order valence-electron chi connectivity index (χ0n) is 17.6. The number of rotatable bonds is 5. The van der Waals surface area contributed by atoms with Gasteiger partial charge in [0.05, 0.1) is 18.4 Å². The van der Waals surface area contributed by atoms with Crippen LogP contribution in [0.4, 0.5) is 0 Å². The van der Waals surface area contributed by atoms with E-state index in [1.165, 1.54) is 23.0 Å². The topological polar surface area (TPSA) is 107 Å². The second-order valence-corrected chi connectivity index (χ2v) is 7.55. The molecule has 0 unspecified atom stereocenters. The molecule has 1 fully saturated rings. The van der Waals surface area contributed by atoms with E-state index in [2.05, 4.69) is 10.4 Å². The molecule has 1 aromatic carbocycles. The first-order chi connectivity index (χ1) is 14.9. The molecule has 1 aliphatic rings. The van der Waals surface area contributed by atoms with Gasteiger partial charge in [-0.3, -0.25) is 14.3 Å². The van der Waals surface area contributed by atoms with Crippen molar-refractivity contribution in [3.63, 3.8) is 0 Å². The molecular formula is C22H24N4O5. The van der Waals surface area contributed by atoms with Crippen molar-refractivity contribution < 1.29 is 23.5 Å². The van der Waals surface area contributed by atoms with Crippen molar-refractivity contribution in [3.8, 4) is 0 Å². The molecule has 2 amide bonds. The smallest absolute Gasteiger partial charge is 0.328 e. The van der Waals surface area contributed by atoms with Crippen LogP contribution in [0.25, 0.3) is 11.0 Å². The minimum atomic E-state index is -0.797. The third-order valence-corrected chi connectivity index (χ3v) is 5.61. The minimum absolute atomic E-state index is 0.183. The van der Waals surface area contributed by atoms with Crippen LogP contribution in [0, 0.1) is 0 Å². The summed E-state index contributed by atoms with van der Waals surface area (Å²) >= 11 is 0. The number of esters is 1. The van der Waals surface area contributed by atoms with Crippen LogP contribution in [0.5, 0.6) is 0 Å². The van der Waals surface area contributed by atoms with Gasteiger partial charge in [-0.1, -0.05) is 25.1 Å². The molecule has 0 bridgehead atoms. The largest absolute Gasteiger partial charge is 0.467 e. The van der Waals surface area contributed by atoms with Gasteiger partial charge in [0.25, 0.3) is 11.8 Å². The van der Waals surface area contributed by atoms with Gasteiger partial charge in [-0.2, -0.15) is 5.10 Å². The van der Waals surface area contributed by atoms with Crippen LogP contribution in [-0.2, 0) is 23.0 Å². The van der Waals surface area contributed by atoms with E-state index in [1.807, 2.05) is 19.1 Å². The highest BCUT2D eigenvalue weighted by Gasteiger charge is 2.42. The Hall–Kier alpha value is -3.62. The van der Waals surface area contributed by atoms with E-state index in [1.54, 1.807) is 25.2 Å². The summed E-state index contributed by atoms with van der Waals surface area (Å²) in [6, 6.07) is 7.74. The SMILES string of the molecule is CCc1cc(C(=O)N[C@@H]2C[C@@H](C(=O)OC)N(C(=O)c3coc4ccccc34)C2)n(C)n1. The second-order valence-electron chi connectivity index (χ2n) is 7.55. The van der Waals surface area contributed by atoms with Gasteiger partial charge in [-0.25, -0.2) is 4.79 Å². The molecule has 1 N–H and O–H groups in total.